The van der Waals surface area contributed by atoms with Crippen LogP contribution in [0.25, 0.3) is 0 Å². The Morgan fingerprint density at radius 3 is 2.61 bits per heavy atom. The molecule has 1 heterocycles. The predicted octanol–water partition coefficient (Wildman–Crippen LogP) is 3.34. The molecule has 0 radical (unpaired) electrons. The quantitative estimate of drug-likeness (QED) is 0.537. The molecule has 33 heavy (non-hydrogen) atoms. The Hall–Kier alpha value is -2.23. The highest BCUT2D eigenvalue weighted by atomic mass is 32.2. The molecule has 1 unspecified atom stereocenters. The van der Waals surface area contributed by atoms with E-state index in [4.69, 9.17) is 5.14 Å². The van der Waals surface area contributed by atoms with Crippen molar-refractivity contribution in [1.29, 1.82) is 5.26 Å². The first-order valence-corrected chi connectivity index (χ1v) is 12.9. The van der Waals surface area contributed by atoms with Gasteiger partial charge in [0.25, 0.3) is 5.91 Å². The normalized spacial score (nSPS) is 15.9. The highest BCUT2D eigenvalue weighted by Gasteiger charge is 2.32. The number of aliphatic hydroxyl groups excluding tert-OH is 1. The van der Waals surface area contributed by atoms with Gasteiger partial charge in [-0.2, -0.15) is 5.26 Å². The van der Waals surface area contributed by atoms with Crippen LogP contribution in [0, 0.1) is 17.1 Å². The first-order chi connectivity index (χ1) is 15.3. The van der Waals surface area contributed by atoms with Crippen LogP contribution in [0.5, 0.6) is 0 Å². The van der Waals surface area contributed by atoms with Gasteiger partial charge in [0.05, 0.1) is 24.3 Å². The van der Waals surface area contributed by atoms with E-state index in [2.05, 4.69) is 9.35 Å². The van der Waals surface area contributed by atoms with Crippen molar-refractivity contribution in [2.75, 3.05) is 0 Å². The van der Waals surface area contributed by atoms with Gasteiger partial charge >= 0.3 is 0 Å². The van der Waals surface area contributed by atoms with Crippen molar-refractivity contribution in [1.82, 2.24) is 4.98 Å². The lowest BCUT2D eigenvalue weighted by molar-refractivity contribution is -0.117. The van der Waals surface area contributed by atoms with Gasteiger partial charge in [-0.15, -0.1) is 15.7 Å². The summed E-state index contributed by atoms with van der Waals surface area (Å²) in [4.78, 5) is 17.0. The molecule has 8 nitrogen and oxygen atoms in total. The van der Waals surface area contributed by atoms with E-state index in [1.807, 2.05) is 6.07 Å². The molecule has 1 atom stereocenters. The highest BCUT2D eigenvalue weighted by Crippen LogP contribution is 2.45. The minimum atomic E-state index is -3.77. The summed E-state index contributed by atoms with van der Waals surface area (Å²) < 4.78 is 31.8. The SMILES string of the molecule is CC(C)c1c(F)c(C#N)cc(C2CC2)c1CC(=O)N=S(N)(=O)c1sc(C(C)(C)O)nc1CO. The summed E-state index contributed by atoms with van der Waals surface area (Å²) in [7, 11) is -3.77. The number of rotatable bonds is 7. The first-order valence-electron chi connectivity index (χ1n) is 10.5. The molecule has 4 N–H and O–H groups in total. The number of aliphatic hydroxyl groups is 2. The highest BCUT2D eigenvalue weighted by molar-refractivity contribution is 7.93. The summed E-state index contributed by atoms with van der Waals surface area (Å²) in [6.45, 7) is 5.91. The standard InChI is InChI=1S/C22H27FN4O4S2/c1-11(2)18-15(14(12-5-6-12)7-13(9-24)19(18)23)8-17(29)27-33(25,31)20-16(10-28)26-21(32-20)22(3,4)30/h7,11-12,28,30H,5-6,8,10H2,1-4H3,(H2,25,27,29,31). The molecule has 3 rings (SSSR count). The van der Waals surface area contributed by atoms with Crippen LogP contribution in [-0.4, -0.2) is 25.3 Å². The molecule has 1 fully saturated rings. The van der Waals surface area contributed by atoms with Gasteiger partial charge in [0.1, 0.15) is 26.7 Å². The van der Waals surface area contributed by atoms with E-state index in [1.165, 1.54) is 19.9 Å². The van der Waals surface area contributed by atoms with Gasteiger partial charge in [-0.1, -0.05) is 13.8 Å². The van der Waals surface area contributed by atoms with E-state index in [-0.39, 0.29) is 44.3 Å². The fraction of sp³-hybridized carbons (Fsp3) is 0.500. The zero-order valence-electron chi connectivity index (χ0n) is 18.9. The predicted molar refractivity (Wildman–Crippen MR) is 122 cm³/mol. The largest absolute Gasteiger partial charge is 0.390 e. The lowest BCUT2D eigenvalue weighted by atomic mass is 9.87. The number of hydrogen-bond donors (Lipinski definition) is 3. The molecule has 1 aliphatic carbocycles. The molecule has 11 heteroatoms. The molecule has 0 saturated heterocycles. The number of nitriles is 1. The molecule has 2 aromatic rings. The number of aromatic nitrogens is 1. The Balaban J connectivity index is 2.07. The van der Waals surface area contributed by atoms with Crippen LogP contribution in [0.15, 0.2) is 14.6 Å². The molecule has 178 valence electrons. The molecule has 1 amide bonds. The van der Waals surface area contributed by atoms with Gasteiger partial charge in [0, 0.05) is 0 Å². The second kappa shape index (κ2) is 9.19. The summed E-state index contributed by atoms with van der Waals surface area (Å²) in [5.41, 5.74) is 0.0253. The van der Waals surface area contributed by atoms with Crippen molar-refractivity contribution < 1.29 is 23.6 Å². The number of amides is 1. The second-order valence-electron chi connectivity index (χ2n) is 8.96. The summed E-state index contributed by atoms with van der Waals surface area (Å²) in [6.07, 6.45) is 1.43. The van der Waals surface area contributed by atoms with Gasteiger partial charge in [-0.3, -0.25) is 4.79 Å². The Bertz CT molecular complexity index is 1260. The molecule has 1 aliphatic rings. The Morgan fingerprint density at radius 1 is 1.48 bits per heavy atom. The third kappa shape index (κ3) is 5.31. The summed E-state index contributed by atoms with van der Waals surface area (Å²) in [5, 5.41) is 35.2. The van der Waals surface area contributed by atoms with Gasteiger partial charge in [-0.05, 0) is 61.3 Å². The number of benzene rings is 1. The number of nitrogens with two attached hydrogens (primary N) is 1. The van der Waals surface area contributed by atoms with Crippen LogP contribution in [0.3, 0.4) is 0 Å². The summed E-state index contributed by atoms with van der Waals surface area (Å²) in [6, 6.07) is 3.37. The van der Waals surface area contributed by atoms with Crippen molar-refractivity contribution in [2.24, 2.45) is 9.50 Å². The van der Waals surface area contributed by atoms with Crippen LogP contribution in [0.2, 0.25) is 0 Å². The van der Waals surface area contributed by atoms with Crippen LogP contribution in [-0.2, 0) is 33.3 Å². The van der Waals surface area contributed by atoms with Gasteiger partial charge in [0.2, 0.25) is 0 Å². The number of halogens is 1. The zero-order chi connectivity index (χ0) is 24.7. The fourth-order valence-electron chi connectivity index (χ4n) is 3.68. The Labute approximate surface area is 196 Å². The Kier molecular flexibility index (Phi) is 7.07. The van der Waals surface area contributed by atoms with Crippen molar-refractivity contribution in [2.45, 2.75) is 75.2 Å². The molecule has 0 aliphatic heterocycles. The third-order valence-corrected chi connectivity index (χ3v) is 8.74. The number of carbonyl (C=O) groups is 1. The lowest BCUT2D eigenvalue weighted by Gasteiger charge is -2.18. The minimum Gasteiger partial charge on any atom is -0.390 e. The van der Waals surface area contributed by atoms with E-state index < -0.39 is 33.8 Å². The number of nitrogens with zero attached hydrogens (tertiary/aromatic N) is 3. The van der Waals surface area contributed by atoms with Crippen molar-refractivity contribution in [3.05, 3.63) is 44.8 Å². The van der Waals surface area contributed by atoms with Crippen molar-refractivity contribution in [3.63, 3.8) is 0 Å². The molecule has 0 bridgehead atoms. The first kappa shape index (κ1) is 25.4. The molecule has 1 aromatic carbocycles. The summed E-state index contributed by atoms with van der Waals surface area (Å²) in [5.74, 6) is -1.62. The van der Waals surface area contributed by atoms with E-state index >= 15 is 4.39 Å². The van der Waals surface area contributed by atoms with Gasteiger partial charge in [-0.25, -0.2) is 18.7 Å². The second-order valence-corrected chi connectivity index (χ2v) is 11.9. The van der Waals surface area contributed by atoms with Gasteiger partial charge < -0.3 is 10.2 Å². The zero-order valence-corrected chi connectivity index (χ0v) is 20.5. The molecule has 0 spiro atoms. The maximum atomic E-state index is 15.0. The average molecular weight is 495 g/mol. The van der Waals surface area contributed by atoms with Crippen molar-refractivity contribution in [3.8, 4) is 6.07 Å². The Morgan fingerprint density at radius 2 is 2.12 bits per heavy atom. The van der Waals surface area contributed by atoms with Gasteiger partial charge in [0.15, 0.2) is 9.92 Å². The smallest absolute Gasteiger partial charge is 0.259 e. The van der Waals surface area contributed by atoms with Crippen molar-refractivity contribution >= 4 is 27.2 Å². The minimum absolute atomic E-state index is 0.0212. The number of hydrogen-bond acceptors (Lipinski definition) is 7. The van der Waals surface area contributed by atoms with E-state index in [1.54, 1.807) is 13.8 Å². The van der Waals surface area contributed by atoms with E-state index in [0.717, 1.165) is 29.7 Å². The maximum Gasteiger partial charge on any atom is 0.259 e. The van der Waals surface area contributed by atoms with Crippen LogP contribution >= 0.6 is 11.3 Å². The van der Waals surface area contributed by atoms with E-state index in [0.29, 0.717) is 5.56 Å². The monoisotopic (exact) mass is 494 g/mol. The van der Waals surface area contributed by atoms with Crippen LogP contribution in [0.4, 0.5) is 4.39 Å². The summed E-state index contributed by atoms with van der Waals surface area (Å²) >= 11 is 0.816. The maximum absolute atomic E-state index is 15.0. The third-order valence-electron chi connectivity index (χ3n) is 5.33. The number of thiazole rings is 1. The lowest BCUT2D eigenvalue weighted by Crippen LogP contribution is -2.17. The topological polar surface area (TPSA) is 150 Å². The molecular weight excluding hydrogens is 467 g/mol. The fourth-order valence-corrected chi connectivity index (χ4v) is 6.22. The molecule has 1 aromatic heterocycles. The van der Waals surface area contributed by atoms with Crippen LogP contribution < -0.4 is 5.14 Å². The van der Waals surface area contributed by atoms with Crippen LogP contribution in [0.1, 0.15) is 85.3 Å². The van der Waals surface area contributed by atoms with E-state index in [9.17, 15) is 24.5 Å². The number of carbonyl (C=O) groups excluding carboxylic acids is 1. The molecule has 1 saturated carbocycles. The molecular formula is C22H27FN4O4S2. The average Bonchev–Trinajstić information content (AvgIpc) is 3.42.